The first kappa shape index (κ1) is 10.8. The second-order valence-corrected chi connectivity index (χ2v) is 6.27. The largest absolute Gasteiger partial charge is 0.385 e. The second-order valence-electron chi connectivity index (χ2n) is 5.61. The van der Waals surface area contributed by atoms with Gasteiger partial charge in [0.1, 0.15) is 0 Å². The van der Waals surface area contributed by atoms with Crippen LogP contribution in [0.5, 0.6) is 0 Å². The summed E-state index contributed by atoms with van der Waals surface area (Å²) in [6.45, 7) is 5.77. The first-order valence-electron chi connectivity index (χ1n) is 5.74. The van der Waals surface area contributed by atoms with Crippen LogP contribution >= 0.6 is 12.6 Å². The molecule has 0 amide bonds. The third-order valence-corrected chi connectivity index (χ3v) is 5.33. The van der Waals surface area contributed by atoms with Crippen molar-refractivity contribution >= 4 is 12.6 Å². The fourth-order valence-corrected chi connectivity index (χ4v) is 4.18. The van der Waals surface area contributed by atoms with Crippen LogP contribution in [0.4, 0.5) is 0 Å². The summed E-state index contributed by atoms with van der Waals surface area (Å²) < 4.78 is 5.19. The number of fused-ring (bicyclic) bond motifs is 2. The number of thiol groups is 1. The lowest BCUT2D eigenvalue weighted by Gasteiger charge is -2.62. The van der Waals surface area contributed by atoms with E-state index in [1.54, 1.807) is 7.11 Å². The molecule has 3 aliphatic carbocycles. The Kier molecular flexibility index (Phi) is 2.87. The SMILES string of the molecule is COCCC1C(S)CC2CC1C2(C)C. The minimum Gasteiger partial charge on any atom is -0.385 e. The molecule has 4 unspecified atom stereocenters. The molecular weight excluding hydrogens is 192 g/mol. The van der Waals surface area contributed by atoms with E-state index in [1.807, 2.05) is 0 Å². The van der Waals surface area contributed by atoms with E-state index in [9.17, 15) is 0 Å². The molecule has 0 N–H and O–H groups in total. The molecule has 3 rings (SSSR count). The van der Waals surface area contributed by atoms with Crippen molar-refractivity contribution < 1.29 is 4.74 Å². The van der Waals surface area contributed by atoms with Gasteiger partial charge in [-0.3, -0.25) is 0 Å². The highest BCUT2D eigenvalue weighted by atomic mass is 32.1. The van der Waals surface area contributed by atoms with Crippen molar-refractivity contribution in [3.05, 3.63) is 0 Å². The smallest absolute Gasteiger partial charge is 0.0465 e. The Labute approximate surface area is 93.0 Å². The first-order chi connectivity index (χ1) is 6.57. The second kappa shape index (κ2) is 3.71. The highest BCUT2D eigenvalue weighted by Gasteiger charge is 2.56. The molecule has 3 aliphatic rings. The zero-order valence-electron chi connectivity index (χ0n) is 9.49. The van der Waals surface area contributed by atoms with Crippen molar-refractivity contribution in [3.8, 4) is 0 Å². The summed E-state index contributed by atoms with van der Waals surface area (Å²) >= 11 is 4.74. The number of hydrogen-bond donors (Lipinski definition) is 1. The van der Waals surface area contributed by atoms with E-state index >= 15 is 0 Å². The summed E-state index contributed by atoms with van der Waals surface area (Å²) in [6, 6.07) is 0. The van der Waals surface area contributed by atoms with Crippen molar-refractivity contribution in [2.24, 2.45) is 23.2 Å². The standard InChI is InChI=1S/C12H22OS/c1-12(2)8-6-10(12)9(4-5-13-3)11(14)7-8/h8-11,14H,4-7H2,1-3H3. The third-order valence-electron chi connectivity index (χ3n) is 4.74. The van der Waals surface area contributed by atoms with Gasteiger partial charge in [-0.15, -0.1) is 0 Å². The van der Waals surface area contributed by atoms with Crippen molar-refractivity contribution in [3.63, 3.8) is 0 Å². The monoisotopic (exact) mass is 214 g/mol. The Morgan fingerprint density at radius 3 is 2.64 bits per heavy atom. The molecule has 4 atom stereocenters. The lowest BCUT2D eigenvalue weighted by Crippen LogP contribution is -2.56. The fourth-order valence-electron chi connectivity index (χ4n) is 3.56. The van der Waals surface area contributed by atoms with Crippen LogP contribution in [0.1, 0.15) is 33.1 Å². The highest BCUT2D eigenvalue weighted by Crippen LogP contribution is 2.62. The molecule has 0 heterocycles. The maximum absolute atomic E-state index is 5.19. The summed E-state index contributed by atoms with van der Waals surface area (Å²) in [4.78, 5) is 0. The van der Waals surface area contributed by atoms with E-state index in [2.05, 4.69) is 13.8 Å². The molecule has 0 spiro atoms. The maximum atomic E-state index is 5.19. The average Bonchev–Trinajstić information content (AvgIpc) is 2.15. The lowest BCUT2D eigenvalue weighted by molar-refractivity contribution is -0.106. The zero-order chi connectivity index (χ0) is 10.3. The minimum atomic E-state index is 0.581. The molecule has 0 radical (unpaired) electrons. The van der Waals surface area contributed by atoms with E-state index in [0.717, 1.165) is 24.4 Å². The summed E-state index contributed by atoms with van der Waals surface area (Å²) in [7, 11) is 1.80. The molecule has 0 saturated heterocycles. The van der Waals surface area contributed by atoms with E-state index in [0.29, 0.717) is 10.7 Å². The number of hydrogen-bond acceptors (Lipinski definition) is 2. The zero-order valence-corrected chi connectivity index (χ0v) is 10.4. The van der Waals surface area contributed by atoms with Gasteiger partial charge in [-0.25, -0.2) is 0 Å². The van der Waals surface area contributed by atoms with Crippen molar-refractivity contribution in [1.29, 1.82) is 0 Å². The third kappa shape index (κ3) is 1.51. The van der Waals surface area contributed by atoms with Crippen LogP contribution in [0, 0.1) is 23.2 Å². The quantitative estimate of drug-likeness (QED) is 0.711. The number of methoxy groups -OCH3 is 1. The molecule has 3 saturated carbocycles. The van der Waals surface area contributed by atoms with Crippen molar-refractivity contribution in [1.82, 2.24) is 0 Å². The van der Waals surface area contributed by atoms with Gasteiger partial charge in [0.2, 0.25) is 0 Å². The van der Waals surface area contributed by atoms with E-state index in [4.69, 9.17) is 17.4 Å². The molecule has 2 heteroatoms. The molecule has 82 valence electrons. The molecule has 0 aliphatic heterocycles. The van der Waals surface area contributed by atoms with Crippen LogP contribution in [0.25, 0.3) is 0 Å². The van der Waals surface area contributed by atoms with E-state index in [1.165, 1.54) is 19.3 Å². The summed E-state index contributed by atoms with van der Waals surface area (Å²) in [5.41, 5.74) is 0.581. The summed E-state index contributed by atoms with van der Waals surface area (Å²) in [5, 5.41) is 0.627. The highest BCUT2D eigenvalue weighted by molar-refractivity contribution is 7.81. The molecular formula is C12H22OS. The molecule has 0 aromatic carbocycles. The van der Waals surface area contributed by atoms with Gasteiger partial charge >= 0.3 is 0 Å². The van der Waals surface area contributed by atoms with Crippen LogP contribution in [-0.2, 0) is 4.74 Å². The van der Waals surface area contributed by atoms with Crippen LogP contribution in [-0.4, -0.2) is 19.0 Å². The van der Waals surface area contributed by atoms with Gasteiger partial charge in [-0.1, -0.05) is 13.8 Å². The van der Waals surface area contributed by atoms with Gasteiger partial charge in [-0.2, -0.15) is 12.6 Å². The molecule has 0 aromatic rings. The van der Waals surface area contributed by atoms with Gasteiger partial charge in [0.25, 0.3) is 0 Å². The Morgan fingerprint density at radius 2 is 2.07 bits per heavy atom. The van der Waals surface area contributed by atoms with Gasteiger partial charge in [0, 0.05) is 19.0 Å². The summed E-state index contributed by atoms with van der Waals surface area (Å²) in [5.74, 6) is 2.63. The molecule has 0 aromatic heterocycles. The predicted molar refractivity (Wildman–Crippen MR) is 62.8 cm³/mol. The molecule has 1 nitrogen and oxygen atoms in total. The molecule has 14 heavy (non-hydrogen) atoms. The normalized spacial score (nSPS) is 44.6. The van der Waals surface area contributed by atoms with Crippen molar-refractivity contribution in [2.75, 3.05) is 13.7 Å². The van der Waals surface area contributed by atoms with Crippen molar-refractivity contribution in [2.45, 2.75) is 38.4 Å². The fraction of sp³-hybridized carbons (Fsp3) is 1.00. The average molecular weight is 214 g/mol. The number of rotatable bonds is 3. The van der Waals surface area contributed by atoms with Crippen LogP contribution in [0.2, 0.25) is 0 Å². The van der Waals surface area contributed by atoms with Crippen LogP contribution in [0.15, 0.2) is 0 Å². The van der Waals surface area contributed by atoms with Gasteiger partial charge in [0.05, 0.1) is 0 Å². The minimum absolute atomic E-state index is 0.581. The molecule has 2 bridgehead atoms. The Bertz CT molecular complexity index is 214. The van der Waals surface area contributed by atoms with Gasteiger partial charge in [0.15, 0.2) is 0 Å². The Balaban J connectivity index is 2.00. The van der Waals surface area contributed by atoms with E-state index < -0.39 is 0 Å². The van der Waals surface area contributed by atoms with Crippen LogP contribution < -0.4 is 0 Å². The Morgan fingerprint density at radius 1 is 1.36 bits per heavy atom. The predicted octanol–water partition coefficient (Wildman–Crippen LogP) is 3.00. The topological polar surface area (TPSA) is 9.23 Å². The number of ether oxygens (including phenoxy) is 1. The maximum Gasteiger partial charge on any atom is 0.0465 e. The van der Waals surface area contributed by atoms with Crippen LogP contribution in [0.3, 0.4) is 0 Å². The Hall–Kier alpha value is 0.310. The van der Waals surface area contributed by atoms with E-state index in [-0.39, 0.29) is 0 Å². The summed E-state index contributed by atoms with van der Waals surface area (Å²) in [6.07, 6.45) is 3.96. The van der Waals surface area contributed by atoms with Gasteiger partial charge in [-0.05, 0) is 42.4 Å². The molecule has 3 fully saturated rings. The first-order valence-corrected chi connectivity index (χ1v) is 6.26. The lowest BCUT2D eigenvalue weighted by atomic mass is 9.45. The van der Waals surface area contributed by atoms with Gasteiger partial charge < -0.3 is 4.74 Å².